The van der Waals surface area contributed by atoms with E-state index >= 15 is 0 Å². The lowest BCUT2D eigenvalue weighted by Crippen LogP contribution is -2.30. The molecule has 1 saturated heterocycles. The van der Waals surface area contributed by atoms with Gasteiger partial charge in [-0.05, 0) is 37.4 Å². The van der Waals surface area contributed by atoms with Gasteiger partial charge in [-0.15, -0.1) is 0 Å². The molecule has 106 valence electrons. The Hall–Kier alpha value is -2.47. The minimum atomic E-state index is -0.158. The Balaban J connectivity index is 1.96. The maximum Gasteiger partial charge on any atom is 0.281 e. The van der Waals surface area contributed by atoms with Crippen molar-refractivity contribution in [3.8, 4) is 0 Å². The smallest absolute Gasteiger partial charge is 0.281 e. The topological polar surface area (TPSA) is 50.2 Å². The Morgan fingerprint density at radius 1 is 1.29 bits per heavy atom. The van der Waals surface area contributed by atoms with Crippen LogP contribution in [0.25, 0.3) is 6.08 Å². The van der Waals surface area contributed by atoms with E-state index in [1.165, 1.54) is 4.90 Å². The van der Waals surface area contributed by atoms with Gasteiger partial charge in [0.1, 0.15) is 5.70 Å². The Morgan fingerprint density at radius 3 is 2.62 bits per heavy atom. The summed E-state index contributed by atoms with van der Waals surface area (Å²) in [5, 5.41) is 7.52. The maximum atomic E-state index is 12.5. The van der Waals surface area contributed by atoms with E-state index in [9.17, 15) is 4.79 Å². The zero-order chi connectivity index (χ0) is 15.0. The lowest BCUT2D eigenvalue weighted by Gasteiger charge is -2.13. The molecule has 0 aliphatic carbocycles. The first kappa shape index (κ1) is 13.5. The predicted octanol–water partition coefficient (Wildman–Crippen LogP) is 1.99. The summed E-state index contributed by atoms with van der Waals surface area (Å²) < 4.78 is 1.76. The first-order valence-corrected chi connectivity index (χ1v) is 6.89. The zero-order valence-corrected chi connectivity index (χ0v) is 12.5. The molecule has 1 aliphatic heterocycles. The number of para-hydroxylation sites is 1. The van der Waals surface area contributed by atoms with Crippen LogP contribution in [-0.2, 0) is 11.8 Å². The first-order chi connectivity index (χ1) is 10.1. The third kappa shape index (κ3) is 2.34. The van der Waals surface area contributed by atoms with E-state index in [0.29, 0.717) is 10.8 Å². The van der Waals surface area contributed by atoms with Gasteiger partial charge >= 0.3 is 0 Å². The number of amides is 1. The summed E-state index contributed by atoms with van der Waals surface area (Å²) in [6.45, 7) is 1.95. The van der Waals surface area contributed by atoms with Crippen molar-refractivity contribution in [2.24, 2.45) is 7.05 Å². The summed E-state index contributed by atoms with van der Waals surface area (Å²) in [6.07, 6.45) is 3.51. The van der Waals surface area contributed by atoms with E-state index in [2.05, 4.69) is 10.4 Å². The molecular formula is C15H14N4OS. The molecule has 0 bridgehead atoms. The van der Waals surface area contributed by atoms with Crippen LogP contribution in [0.15, 0.2) is 42.2 Å². The van der Waals surface area contributed by atoms with E-state index in [0.717, 1.165) is 16.9 Å². The normalized spacial score (nSPS) is 16.7. The molecule has 5 nitrogen and oxygen atoms in total. The molecule has 1 aromatic carbocycles. The van der Waals surface area contributed by atoms with Gasteiger partial charge in [-0.2, -0.15) is 5.10 Å². The fraction of sp³-hybridized carbons (Fsp3) is 0.133. The fourth-order valence-electron chi connectivity index (χ4n) is 2.16. The second-order valence-corrected chi connectivity index (χ2v) is 5.16. The minimum absolute atomic E-state index is 0.158. The monoisotopic (exact) mass is 298 g/mol. The highest BCUT2D eigenvalue weighted by molar-refractivity contribution is 7.80. The van der Waals surface area contributed by atoms with Gasteiger partial charge in [-0.1, -0.05) is 18.2 Å². The molecule has 21 heavy (non-hydrogen) atoms. The van der Waals surface area contributed by atoms with E-state index < -0.39 is 0 Å². The second-order valence-electron chi connectivity index (χ2n) is 4.77. The molecule has 1 amide bonds. The SMILES string of the molecule is Cc1c(/C=C2/NC(=S)N(c3ccccc3)C2=O)cnn1C. The number of benzene rings is 1. The van der Waals surface area contributed by atoms with E-state index in [4.69, 9.17) is 12.2 Å². The van der Waals surface area contributed by atoms with Crippen molar-refractivity contribution in [1.29, 1.82) is 0 Å². The molecule has 0 saturated carbocycles. The van der Waals surface area contributed by atoms with Gasteiger partial charge in [0.2, 0.25) is 0 Å². The number of nitrogens with one attached hydrogen (secondary N) is 1. The summed E-state index contributed by atoms with van der Waals surface area (Å²) >= 11 is 5.26. The molecule has 0 unspecified atom stereocenters. The van der Waals surface area contributed by atoms with Crippen LogP contribution < -0.4 is 10.2 Å². The molecular weight excluding hydrogens is 284 g/mol. The molecule has 1 aromatic heterocycles. The number of nitrogens with zero attached hydrogens (tertiary/aromatic N) is 3. The molecule has 2 aromatic rings. The van der Waals surface area contributed by atoms with Crippen LogP contribution in [0.4, 0.5) is 5.69 Å². The van der Waals surface area contributed by atoms with Crippen molar-refractivity contribution in [2.75, 3.05) is 4.90 Å². The van der Waals surface area contributed by atoms with Gasteiger partial charge in [0, 0.05) is 18.3 Å². The standard InChI is InChI=1S/C15H14N4OS/c1-10-11(9-16-18(10)2)8-13-14(20)19(15(21)17-13)12-6-4-3-5-7-12/h3-9H,1-2H3,(H,17,21)/b13-8+. The van der Waals surface area contributed by atoms with Gasteiger partial charge in [0.15, 0.2) is 5.11 Å². The van der Waals surface area contributed by atoms with Crippen LogP contribution in [0.3, 0.4) is 0 Å². The van der Waals surface area contributed by atoms with Crippen molar-refractivity contribution in [3.63, 3.8) is 0 Å². The summed E-state index contributed by atoms with van der Waals surface area (Å²) in [7, 11) is 1.86. The molecule has 3 rings (SSSR count). The number of carbonyl (C=O) groups excluding carboxylic acids is 1. The lowest BCUT2D eigenvalue weighted by molar-refractivity contribution is -0.113. The Labute approximate surface area is 127 Å². The van der Waals surface area contributed by atoms with Crippen LogP contribution in [0.2, 0.25) is 0 Å². The number of aryl methyl sites for hydroxylation is 1. The molecule has 6 heteroatoms. The van der Waals surface area contributed by atoms with Crippen LogP contribution in [0.1, 0.15) is 11.3 Å². The Bertz CT molecular complexity index is 748. The highest BCUT2D eigenvalue weighted by Crippen LogP contribution is 2.22. The fourth-order valence-corrected chi connectivity index (χ4v) is 2.46. The van der Waals surface area contributed by atoms with Crippen molar-refractivity contribution in [2.45, 2.75) is 6.92 Å². The average molecular weight is 298 g/mol. The number of hydrogen-bond donors (Lipinski definition) is 1. The number of thiocarbonyl (C=S) groups is 1. The summed E-state index contributed by atoms with van der Waals surface area (Å²) in [5.74, 6) is -0.158. The number of rotatable bonds is 2. The van der Waals surface area contributed by atoms with Crippen molar-refractivity contribution in [1.82, 2.24) is 15.1 Å². The number of hydrogen-bond acceptors (Lipinski definition) is 3. The van der Waals surface area contributed by atoms with Gasteiger partial charge in [0.05, 0.1) is 11.9 Å². The molecule has 2 heterocycles. The van der Waals surface area contributed by atoms with Gasteiger partial charge in [-0.25, -0.2) is 0 Å². The first-order valence-electron chi connectivity index (χ1n) is 6.48. The average Bonchev–Trinajstić information content (AvgIpc) is 2.94. The third-order valence-corrected chi connectivity index (χ3v) is 3.75. The Morgan fingerprint density at radius 2 is 2.00 bits per heavy atom. The second kappa shape index (κ2) is 5.14. The van der Waals surface area contributed by atoms with E-state index in [1.807, 2.05) is 44.3 Å². The van der Waals surface area contributed by atoms with Crippen molar-refractivity contribution in [3.05, 3.63) is 53.5 Å². The van der Waals surface area contributed by atoms with Gasteiger partial charge < -0.3 is 5.32 Å². The van der Waals surface area contributed by atoms with Crippen molar-refractivity contribution >= 4 is 35.0 Å². The highest BCUT2D eigenvalue weighted by atomic mass is 32.1. The molecule has 0 spiro atoms. The Kier molecular flexibility index (Phi) is 3.31. The quantitative estimate of drug-likeness (QED) is 0.680. The largest absolute Gasteiger partial charge is 0.327 e. The van der Waals surface area contributed by atoms with Gasteiger partial charge in [-0.3, -0.25) is 14.4 Å². The van der Waals surface area contributed by atoms with Crippen molar-refractivity contribution < 1.29 is 4.79 Å². The molecule has 0 radical (unpaired) electrons. The van der Waals surface area contributed by atoms with E-state index in [1.54, 1.807) is 17.0 Å². The highest BCUT2D eigenvalue weighted by Gasteiger charge is 2.31. The summed E-state index contributed by atoms with van der Waals surface area (Å²) in [5.41, 5.74) is 3.10. The van der Waals surface area contributed by atoms with Crippen LogP contribution >= 0.6 is 12.2 Å². The van der Waals surface area contributed by atoms with Crippen LogP contribution in [0, 0.1) is 6.92 Å². The zero-order valence-electron chi connectivity index (χ0n) is 11.7. The van der Waals surface area contributed by atoms with Crippen LogP contribution in [-0.4, -0.2) is 20.8 Å². The molecule has 1 N–H and O–H groups in total. The maximum absolute atomic E-state index is 12.5. The molecule has 1 aliphatic rings. The predicted molar refractivity (Wildman–Crippen MR) is 85.6 cm³/mol. The van der Waals surface area contributed by atoms with Gasteiger partial charge in [0.25, 0.3) is 5.91 Å². The number of anilines is 1. The molecule has 1 fully saturated rings. The van der Waals surface area contributed by atoms with E-state index in [-0.39, 0.29) is 5.91 Å². The number of aromatic nitrogens is 2. The summed E-state index contributed by atoms with van der Waals surface area (Å²) in [4.78, 5) is 14.0. The number of carbonyl (C=O) groups is 1. The lowest BCUT2D eigenvalue weighted by atomic mass is 10.2. The minimum Gasteiger partial charge on any atom is -0.327 e. The van der Waals surface area contributed by atoms with Crippen LogP contribution in [0.5, 0.6) is 0 Å². The molecule has 0 atom stereocenters. The third-order valence-electron chi connectivity index (χ3n) is 3.47. The summed E-state index contributed by atoms with van der Waals surface area (Å²) in [6, 6.07) is 9.35.